The van der Waals surface area contributed by atoms with Crippen LogP contribution < -0.4 is 0 Å². The molecule has 0 spiro atoms. The lowest BCUT2D eigenvalue weighted by Gasteiger charge is -2.29. The molecule has 1 amide bonds. The number of carbonyl (C=O) groups excluding carboxylic acids is 1. The topological polar surface area (TPSA) is 57.6 Å². The molecule has 0 saturated heterocycles. The first-order valence-corrected chi connectivity index (χ1v) is 11.0. The lowest BCUT2D eigenvalue weighted by atomic mass is 10.0. The number of hydrogen-bond acceptors (Lipinski definition) is 3. The Morgan fingerprint density at radius 2 is 1.83 bits per heavy atom. The van der Waals surface area contributed by atoms with Gasteiger partial charge in [-0.15, -0.1) is 11.3 Å². The van der Waals surface area contributed by atoms with Gasteiger partial charge in [0, 0.05) is 26.2 Å². The number of carboxylic acid groups (broad SMARTS) is 1. The van der Waals surface area contributed by atoms with Crippen LogP contribution in [0.4, 0.5) is 0 Å². The van der Waals surface area contributed by atoms with E-state index in [4.69, 9.17) is 23.2 Å². The first-order chi connectivity index (χ1) is 13.8. The molecule has 2 aromatic carbocycles. The van der Waals surface area contributed by atoms with Crippen LogP contribution >= 0.6 is 50.5 Å². The van der Waals surface area contributed by atoms with E-state index in [1.165, 1.54) is 28.4 Å². The maximum Gasteiger partial charge on any atom is 0.326 e. The zero-order valence-corrected chi connectivity index (χ0v) is 18.9. The molecule has 1 atom stereocenters. The van der Waals surface area contributed by atoms with Crippen molar-refractivity contribution < 1.29 is 14.7 Å². The van der Waals surface area contributed by atoms with E-state index in [1.807, 2.05) is 41.8 Å². The fourth-order valence-electron chi connectivity index (χ4n) is 2.91. The van der Waals surface area contributed by atoms with Crippen LogP contribution in [0.5, 0.6) is 0 Å². The Bertz CT molecular complexity index is 1030. The monoisotopic (exact) mass is 511 g/mol. The van der Waals surface area contributed by atoms with Crippen LogP contribution in [0.3, 0.4) is 0 Å². The molecule has 1 N–H and O–H groups in total. The van der Waals surface area contributed by atoms with Crippen LogP contribution in [0.1, 0.15) is 20.8 Å². The van der Waals surface area contributed by atoms with E-state index in [0.717, 1.165) is 14.9 Å². The van der Waals surface area contributed by atoms with Crippen molar-refractivity contribution >= 4 is 62.3 Å². The number of hydrogen-bond donors (Lipinski definition) is 1. The molecule has 0 radical (unpaired) electrons. The summed E-state index contributed by atoms with van der Waals surface area (Å²) in [5, 5.41) is 12.4. The van der Waals surface area contributed by atoms with E-state index in [-0.39, 0.29) is 23.6 Å². The van der Waals surface area contributed by atoms with Gasteiger partial charge in [-0.1, -0.05) is 53.5 Å². The number of carbonyl (C=O) groups is 2. The average molecular weight is 513 g/mol. The molecule has 3 rings (SSSR count). The summed E-state index contributed by atoms with van der Waals surface area (Å²) in [7, 11) is 0. The Balaban J connectivity index is 2.00. The fraction of sp³-hybridized carbons (Fsp3) is 0.143. The van der Waals surface area contributed by atoms with E-state index in [2.05, 4.69) is 15.9 Å². The van der Waals surface area contributed by atoms with E-state index < -0.39 is 17.9 Å². The Morgan fingerprint density at radius 1 is 1.10 bits per heavy atom. The van der Waals surface area contributed by atoms with Gasteiger partial charge in [0.05, 0.1) is 17.1 Å². The van der Waals surface area contributed by atoms with Gasteiger partial charge in [-0.05, 0) is 45.8 Å². The molecular weight excluding hydrogens is 497 g/mol. The number of carboxylic acids is 1. The molecule has 0 aliphatic heterocycles. The molecule has 8 heteroatoms. The van der Waals surface area contributed by atoms with Crippen LogP contribution in [-0.2, 0) is 17.8 Å². The Morgan fingerprint density at radius 3 is 2.41 bits per heavy atom. The standard InChI is InChI=1S/C21H16BrCl2NO3S/c22-14-9-16(29-12-14)11-25(20(26)17-7-6-15(23)10-18(17)24)19(21(27)28)8-13-4-2-1-3-5-13/h1-7,9-10,12,19H,8,11H2,(H,27,28). The predicted octanol–water partition coefficient (Wildman–Crippen LogP) is 6.16. The SMILES string of the molecule is O=C(O)C(Cc1ccccc1)N(Cc1cc(Br)cs1)C(=O)c1ccc(Cl)cc1Cl. The smallest absolute Gasteiger partial charge is 0.326 e. The first-order valence-electron chi connectivity index (χ1n) is 8.61. The van der Waals surface area contributed by atoms with Gasteiger partial charge >= 0.3 is 5.97 Å². The van der Waals surface area contributed by atoms with Gasteiger partial charge < -0.3 is 10.0 Å². The maximum absolute atomic E-state index is 13.4. The van der Waals surface area contributed by atoms with E-state index in [0.29, 0.717) is 5.02 Å². The third-order valence-corrected chi connectivity index (χ3v) is 6.53. The zero-order valence-electron chi connectivity index (χ0n) is 15.0. The Hall–Kier alpha value is -1.86. The Labute approximate surface area is 190 Å². The van der Waals surface area contributed by atoms with Crippen molar-refractivity contribution in [3.8, 4) is 0 Å². The maximum atomic E-state index is 13.4. The minimum Gasteiger partial charge on any atom is -0.480 e. The minimum absolute atomic E-state index is 0.151. The number of thiophene rings is 1. The van der Waals surface area contributed by atoms with Crippen LogP contribution in [-0.4, -0.2) is 27.9 Å². The number of nitrogens with zero attached hydrogens (tertiary/aromatic N) is 1. The third-order valence-electron chi connectivity index (χ3n) is 4.30. The highest BCUT2D eigenvalue weighted by molar-refractivity contribution is 9.10. The molecule has 0 saturated carbocycles. The molecule has 1 heterocycles. The highest BCUT2D eigenvalue weighted by Crippen LogP contribution is 2.27. The van der Waals surface area contributed by atoms with E-state index in [1.54, 1.807) is 6.07 Å². The van der Waals surface area contributed by atoms with Crippen molar-refractivity contribution in [3.05, 3.63) is 90.5 Å². The second-order valence-electron chi connectivity index (χ2n) is 6.33. The summed E-state index contributed by atoms with van der Waals surface area (Å²) in [6.07, 6.45) is 0.180. The molecule has 3 aromatic rings. The second kappa shape index (κ2) is 9.76. The van der Waals surface area contributed by atoms with Crippen LogP contribution in [0.15, 0.2) is 64.5 Å². The molecule has 0 aliphatic rings. The van der Waals surface area contributed by atoms with Gasteiger partial charge in [-0.25, -0.2) is 4.79 Å². The Kier molecular flexibility index (Phi) is 7.35. The second-order valence-corrected chi connectivity index (χ2v) is 9.09. The average Bonchev–Trinajstić information content (AvgIpc) is 3.09. The highest BCUT2D eigenvalue weighted by atomic mass is 79.9. The summed E-state index contributed by atoms with van der Waals surface area (Å²) in [4.78, 5) is 27.7. The first kappa shape index (κ1) is 21.8. The molecule has 29 heavy (non-hydrogen) atoms. The van der Waals surface area contributed by atoms with E-state index in [9.17, 15) is 14.7 Å². The lowest BCUT2D eigenvalue weighted by Crippen LogP contribution is -2.46. The van der Waals surface area contributed by atoms with Gasteiger partial charge in [-0.2, -0.15) is 0 Å². The normalized spacial score (nSPS) is 11.8. The molecule has 150 valence electrons. The van der Waals surface area contributed by atoms with E-state index >= 15 is 0 Å². The summed E-state index contributed by atoms with van der Waals surface area (Å²) in [5.41, 5.74) is 1.04. The molecule has 4 nitrogen and oxygen atoms in total. The van der Waals surface area contributed by atoms with Crippen LogP contribution in [0, 0.1) is 0 Å². The molecule has 1 unspecified atom stereocenters. The minimum atomic E-state index is -1.08. The number of halogens is 3. The molecule has 0 aliphatic carbocycles. The van der Waals surface area contributed by atoms with Crippen LogP contribution in [0.2, 0.25) is 10.0 Å². The lowest BCUT2D eigenvalue weighted by molar-refractivity contribution is -0.142. The number of benzene rings is 2. The van der Waals surface area contributed by atoms with Crippen molar-refractivity contribution in [1.29, 1.82) is 0 Å². The number of amides is 1. The van der Waals surface area contributed by atoms with Crippen molar-refractivity contribution in [2.24, 2.45) is 0 Å². The largest absolute Gasteiger partial charge is 0.480 e. The van der Waals surface area contributed by atoms with Gasteiger partial charge in [-0.3, -0.25) is 4.79 Å². The third kappa shape index (κ3) is 5.60. The molecule has 0 fully saturated rings. The highest BCUT2D eigenvalue weighted by Gasteiger charge is 2.32. The summed E-state index contributed by atoms with van der Waals surface area (Å²) in [6, 6.07) is 14.6. The van der Waals surface area contributed by atoms with Gasteiger partial charge in [0.15, 0.2) is 0 Å². The number of rotatable bonds is 7. The molecule has 0 bridgehead atoms. The van der Waals surface area contributed by atoms with Crippen LogP contribution in [0.25, 0.3) is 0 Å². The van der Waals surface area contributed by atoms with Gasteiger partial charge in [0.25, 0.3) is 5.91 Å². The predicted molar refractivity (Wildman–Crippen MR) is 120 cm³/mol. The van der Waals surface area contributed by atoms with Gasteiger partial charge in [0.2, 0.25) is 0 Å². The summed E-state index contributed by atoms with van der Waals surface area (Å²) < 4.78 is 0.879. The number of aliphatic carboxylic acids is 1. The molecule has 1 aromatic heterocycles. The summed E-state index contributed by atoms with van der Waals surface area (Å²) in [6.45, 7) is 0.151. The fourth-order valence-corrected chi connectivity index (χ4v) is 4.85. The van der Waals surface area contributed by atoms with Gasteiger partial charge in [0.1, 0.15) is 6.04 Å². The zero-order chi connectivity index (χ0) is 21.0. The van der Waals surface area contributed by atoms with Crippen molar-refractivity contribution in [2.45, 2.75) is 19.0 Å². The molecular formula is C21H16BrCl2NO3S. The quantitative estimate of drug-likeness (QED) is 0.412. The van der Waals surface area contributed by atoms with Crippen molar-refractivity contribution in [1.82, 2.24) is 4.90 Å². The summed E-state index contributed by atoms with van der Waals surface area (Å²) in [5.74, 6) is -1.54. The van der Waals surface area contributed by atoms with Crippen molar-refractivity contribution in [2.75, 3.05) is 0 Å². The van der Waals surface area contributed by atoms with Crippen molar-refractivity contribution in [3.63, 3.8) is 0 Å². The summed E-state index contributed by atoms with van der Waals surface area (Å²) >= 11 is 17.0.